The average Bonchev–Trinajstić information content (AvgIpc) is 2.43. The smallest absolute Gasteiger partial charge is 0.103 e. The maximum Gasteiger partial charge on any atom is 0.103 e. The minimum absolute atomic E-state index is 0.399. The highest BCUT2D eigenvalue weighted by molar-refractivity contribution is 9.10. The lowest BCUT2D eigenvalue weighted by atomic mass is 9.98. The van der Waals surface area contributed by atoms with Crippen LogP contribution in [0, 0.1) is 11.3 Å². The number of hydrogen-bond donors (Lipinski definition) is 1. The summed E-state index contributed by atoms with van der Waals surface area (Å²) in [5.74, 6) is 0.986. The van der Waals surface area contributed by atoms with Crippen molar-refractivity contribution in [2.24, 2.45) is 0 Å². The fourth-order valence-electron chi connectivity index (χ4n) is 1.63. The van der Waals surface area contributed by atoms with Gasteiger partial charge in [-0.05, 0) is 66.5 Å². The van der Waals surface area contributed by atoms with Crippen molar-refractivity contribution in [1.29, 1.82) is 5.26 Å². The van der Waals surface area contributed by atoms with Crippen molar-refractivity contribution in [2.75, 3.05) is 12.3 Å². The lowest BCUT2D eigenvalue weighted by Gasteiger charge is -2.22. The Morgan fingerprint density at radius 2 is 2.32 bits per heavy atom. The first-order valence-electron chi connectivity index (χ1n) is 6.50. The molecule has 0 aliphatic heterocycles. The van der Waals surface area contributed by atoms with E-state index < -0.39 is 5.54 Å². The number of aromatic nitrogens is 1. The minimum atomic E-state index is -0.399. The van der Waals surface area contributed by atoms with Crippen LogP contribution in [0.15, 0.2) is 27.8 Å². The first-order valence-corrected chi connectivity index (χ1v) is 8.28. The van der Waals surface area contributed by atoms with Crippen LogP contribution in [0.2, 0.25) is 0 Å². The SMILES string of the molecule is CCCNC(C)(C#N)CCCSc1ccc(Br)cn1. The normalized spacial score (nSPS) is 13.8. The van der Waals surface area contributed by atoms with E-state index in [1.165, 1.54) is 0 Å². The third kappa shape index (κ3) is 6.42. The Morgan fingerprint density at radius 3 is 2.89 bits per heavy atom. The third-order valence-electron chi connectivity index (χ3n) is 2.78. The summed E-state index contributed by atoms with van der Waals surface area (Å²) in [4.78, 5) is 4.32. The number of thioether (sulfide) groups is 1. The van der Waals surface area contributed by atoms with E-state index in [0.717, 1.165) is 41.1 Å². The molecule has 3 nitrogen and oxygen atoms in total. The van der Waals surface area contributed by atoms with Gasteiger partial charge < -0.3 is 0 Å². The van der Waals surface area contributed by atoms with Gasteiger partial charge in [0.25, 0.3) is 0 Å². The predicted octanol–water partition coefficient (Wildman–Crippen LogP) is 4.00. The predicted molar refractivity (Wildman–Crippen MR) is 84.2 cm³/mol. The van der Waals surface area contributed by atoms with E-state index in [0.29, 0.717) is 0 Å². The molecule has 1 aromatic heterocycles. The van der Waals surface area contributed by atoms with Crippen LogP contribution < -0.4 is 5.32 Å². The Morgan fingerprint density at radius 1 is 1.53 bits per heavy atom. The molecule has 0 fully saturated rings. The first-order chi connectivity index (χ1) is 9.09. The topological polar surface area (TPSA) is 48.7 Å². The second kappa shape index (κ2) is 8.57. The summed E-state index contributed by atoms with van der Waals surface area (Å²) >= 11 is 5.11. The molecule has 0 bridgehead atoms. The van der Waals surface area contributed by atoms with Gasteiger partial charge in [0.2, 0.25) is 0 Å². The van der Waals surface area contributed by atoms with Crippen molar-refractivity contribution in [2.45, 2.75) is 43.7 Å². The number of nitrogens with zero attached hydrogens (tertiary/aromatic N) is 2. The Balaban J connectivity index is 2.29. The lowest BCUT2D eigenvalue weighted by Crippen LogP contribution is -2.41. The molecule has 0 aliphatic rings. The van der Waals surface area contributed by atoms with Gasteiger partial charge in [0, 0.05) is 10.7 Å². The van der Waals surface area contributed by atoms with E-state index in [1.54, 1.807) is 11.8 Å². The van der Waals surface area contributed by atoms with Crippen LogP contribution in [0.5, 0.6) is 0 Å². The summed E-state index contributed by atoms with van der Waals surface area (Å²) in [5, 5.41) is 13.6. The van der Waals surface area contributed by atoms with E-state index in [4.69, 9.17) is 0 Å². The van der Waals surface area contributed by atoms with Crippen LogP contribution in [0.4, 0.5) is 0 Å². The summed E-state index contributed by atoms with van der Waals surface area (Å²) in [5.41, 5.74) is -0.399. The third-order valence-corrected chi connectivity index (χ3v) is 4.28. The van der Waals surface area contributed by atoms with Gasteiger partial charge in [-0.25, -0.2) is 4.98 Å². The van der Waals surface area contributed by atoms with Crippen LogP contribution >= 0.6 is 27.7 Å². The van der Waals surface area contributed by atoms with Crippen molar-refractivity contribution in [3.63, 3.8) is 0 Å². The van der Waals surface area contributed by atoms with Gasteiger partial charge in [-0.1, -0.05) is 6.92 Å². The van der Waals surface area contributed by atoms with E-state index >= 15 is 0 Å². The zero-order valence-electron chi connectivity index (χ0n) is 11.4. The number of rotatable bonds is 8. The van der Waals surface area contributed by atoms with Crippen LogP contribution in [0.25, 0.3) is 0 Å². The van der Waals surface area contributed by atoms with Gasteiger partial charge in [-0.3, -0.25) is 5.32 Å². The zero-order chi connectivity index (χ0) is 14.1. The molecule has 0 saturated carbocycles. The van der Waals surface area contributed by atoms with Crippen molar-refractivity contribution < 1.29 is 0 Å². The first kappa shape index (κ1) is 16.5. The number of hydrogen-bond acceptors (Lipinski definition) is 4. The molecule has 0 radical (unpaired) electrons. The van der Waals surface area contributed by atoms with Gasteiger partial charge >= 0.3 is 0 Å². The fraction of sp³-hybridized carbons (Fsp3) is 0.571. The van der Waals surface area contributed by atoms with Gasteiger partial charge in [0.05, 0.1) is 11.1 Å². The van der Waals surface area contributed by atoms with Crippen LogP contribution in [-0.2, 0) is 0 Å². The van der Waals surface area contributed by atoms with Gasteiger partial charge in [0.1, 0.15) is 5.54 Å². The molecular formula is C14H20BrN3S. The van der Waals surface area contributed by atoms with Gasteiger partial charge in [-0.2, -0.15) is 5.26 Å². The maximum atomic E-state index is 9.22. The largest absolute Gasteiger partial charge is 0.300 e. The maximum absolute atomic E-state index is 9.22. The van der Waals surface area contributed by atoms with Gasteiger partial charge in [0.15, 0.2) is 0 Å². The molecule has 104 valence electrons. The molecular weight excluding hydrogens is 322 g/mol. The highest BCUT2D eigenvalue weighted by Gasteiger charge is 2.21. The molecule has 1 unspecified atom stereocenters. The van der Waals surface area contributed by atoms with E-state index in [2.05, 4.69) is 39.2 Å². The molecule has 1 heterocycles. The van der Waals surface area contributed by atoms with Crippen molar-refractivity contribution in [3.05, 3.63) is 22.8 Å². The van der Waals surface area contributed by atoms with Crippen molar-refractivity contribution in [1.82, 2.24) is 10.3 Å². The number of pyridine rings is 1. The monoisotopic (exact) mass is 341 g/mol. The highest BCUT2D eigenvalue weighted by atomic mass is 79.9. The molecule has 1 aromatic rings. The number of halogens is 1. The number of nitrogens with one attached hydrogen (secondary N) is 1. The molecule has 1 rings (SSSR count). The molecule has 0 aliphatic carbocycles. The second-order valence-electron chi connectivity index (χ2n) is 4.64. The molecule has 1 atom stereocenters. The highest BCUT2D eigenvalue weighted by Crippen LogP contribution is 2.20. The van der Waals surface area contributed by atoms with Crippen LogP contribution in [0.1, 0.15) is 33.1 Å². The molecule has 19 heavy (non-hydrogen) atoms. The van der Waals surface area contributed by atoms with E-state index in [9.17, 15) is 5.26 Å². The summed E-state index contributed by atoms with van der Waals surface area (Å²) in [6.45, 7) is 4.98. The Labute approximate surface area is 128 Å². The van der Waals surface area contributed by atoms with Crippen molar-refractivity contribution >= 4 is 27.7 Å². The minimum Gasteiger partial charge on any atom is -0.300 e. The van der Waals surface area contributed by atoms with Crippen molar-refractivity contribution in [3.8, 4) is 6.07 Å². The molecule has 1 N–H and O–H groups in total. The van der Waals surface area contributed by atoms with E-state index in [-0.39, 0.29) is 0 Å². The number of nitriles is 1. The van der Waals surface area contributed by atoms with Crippen LogP contribution in [-0.4, -0.2) is 22.8 Å². The zero-order valence-corrected chi connectivity index (χ0v) is 13.9. The average molecular weight is 342 g/mol. The summed E-state index contributed by atoms with van der Waals surface area (Å²) in [6, 6.07) is 6.38. The van der Waals surface area contributed by atoms with Gasteiger partial charge in [-0.15, -0.1) is 11.8 Å². The Bertz CT molecular complexity index is 416. The Hall–Kier alpha value is -0.570. The summed E-state index contributed by atoms with van der Waals surface area (Å²) in [7, 11) is 0. The molecule has 0 aromatic carbocycles. The summed E-state index contributed by atoms with van der Waals surface area (Å²) < 4.78 is 0.998. The lowest BCUT2D eigenvalue weighted by molar-refractivity contribution is 0.415. The molecule has 5 heteroatoms. The second-order valence-corrected chi connectivity index (χ2v) is 6.67. The fourth-order valence-corrected chi connectivity index (χ4v) is 2.66. The molecule has 0 spiro atoms. The molecule has 0 amide bonds. The molecule has 0 saturated heterocycles. The standard InChI is InChI=1S/C14H20BrN3S/c1-3-8-18-14(2,11-16)7-4-9-19-13-6-5-12(15)10-17-13/h5-6,10,18H,3-4,7-9H2,1-2H3. The van der Waals surface area contributed by atoms with E-state index in [1.807, 2.05) is 25.3 Å². The van der Waals surface area contributed by atoms with Crippen LogP contribution in [0.3, 0.4) is 0 Å². The Kier molecular flexibility index (Phi) is 7.44. The quantitative estimate of drug-likeness (QED) is 0.573. The summed E-state index contributed by atoms with van der Waals surface area (Å²) in [6.07, 6.45) is 4.73.